The van der Waals surface area contributed by atoms with Crippen molar-refractivity contribution in [3.05, 3.63) is 65.7 Å². The van der Waals surface area contributed by atoms with E-state index in [-0.39, 0.29) is 5.41 Å². The number of phenols is 1. The van der Waals surface area contributed by atoms with Gasteiger partial charge in [0.25, 0.3) is 0 Å². The van der Waals surface area contributed by atoms with Gasteiger partial charge in [-0.25, -0.2) is 0 Å². The molecule has 0 bridgehead atoms. The topological polar surface area (TPSA) is 26.7 Å². The van der Waals surface area contributed by atoms with Gasteiger partial charge in [-0.1, -0.05) is 56.3 Å². The van der Waals surface area contributed by atoms with Crippen molar-refractivity contribution < 1.29 is 5.11 Å². The summed E-state index contributed by atoms with van der Waals surface area (Å²) < 4.78 is 0. The molecule has 2 heterocycles. The van der Waals surface area contributed by atoms with Crippen LogP contribution in [0.2, 0.25) is 0 Å². The van der Waals surface area contributed by atoms with Crippen LogP contribution < -0.4 is 0 Å². The summed E-state index contributed by atoms with van der Waals surface area (Å²) in [6, 6.07) is 19.4. The monoisotopic (exact) mass is 364 g/mol. The summed E-state index contributed by atoms with van der Waals surface area (Å²) in [5.41, 5.74) is 2.81. The van der Waals surface area contributed by atoms with Gasteiger partial charge < -0.3 is 5.11 Å². The van der Waals surface area contributed by atoms with Crippen molar-refractivity contribution in [1.82, 2.24) is 9.80 Å². The average Bonchev–Trinajstić information content (AvgIpc) is 2.84. The van der Waals surface area contributed by atoms with Crippen molar-refractivity contribution in [2.45, 2.75) is 44.7 Å². The molecule has 2 saturated heterocycles. The highest BCUT2D eigenvalue weighted by atomic mass is 16.3. The fraction of sp³-hybridized carbons (Fsp3) is 0.500. The largest absolute Gasteiger partial charge is 0.508 e. The van der Waals surface area contributed by atoms with E-state index in [2.05, 4.69) is 60.0 Å². The zero-order chi connectivity index (χ0) is 18.9. The number of hydrogen-bond acceptors (Lipinski definition) is 3. The fourth-order valence-corrected chi connectivity index (χ4v) is 5.11. The molecule has 2 aromatic carbocycles. The quantitative estimate of drug-likeness (QED) is 0.881. The third-order valence-corrected chi connectivity index (χ3v) is 6.92. The highest BCUT2D eigenvalue weighted by Crippen LogP contribution is 2.43. The van der Waals surface area contributed by atoms with Crippen molar-refractivity contribution in [1.29, 1.82) is 0 Å². The molecule has 4 rings (SSSR count). The molecule has 2 aliphatic heterocycles. The normalized spacial score (nSPS) is 29.9. The predicted molar refractivity (Wildman–Crippen MR) is 111 cm³/mol. The number of nitrogens with zero attached hydrogens (tertiary/aromatic N) is 2. The Morgan fingerprint density at radius 1 is 1.04 bits per heavy atom. The van der Waals surface area contributed by atoms with Crippen LogP contribution in [0.1, 0.15) is 37.8 Å². The summed E-state index contributed by atoms with van der Waals surface area (Å²) in [7, 11) is 0. The van der Waals surface area contributed by atoms with Gasteiger partial charge in [-0.15, -0.1) is 0 Å². The molecule has 3 nitrogen and oxygen atoms in total. The molecule has 2 aromatic rings. The highest BCUT2D eigenvalue weighted by Gasteiger charge is 2.43. The lowest BCUT2D eigenvalue weighted by atomic mass is 9.66. The van der Waals surface area contributed by atoms with E-state index in [0.29, 0.717) is 17.7 Å². The molecule has 27 heavy (non-hydrogen) atoms. The van der Waals surface area contributed by atoms with Crippen molar-refractivity contribution in [2.24, 2.45) is 5.92 Å². The molecule has 144 valence electrons. The smallest absolute Gasteiger partial charge is 0.115 e. The van der Waals surface area contributed by atoms with Gasteiger partial charge in [0, 0.05) is 25.7 Å². The molecule has 0 spiro atoms. The minimum Gasteiger partial charge on any atom is -0.508 e. The van der Waals surface area contributed by atoms with Gasteiger partial charge >= 0.3 is 0 Å². The van der Waals surface area contributed by atoms with Crippen molar-refractivity contribution in [3.63, 3.8) is 0 Å². The molecule has 0 saturated carbocycles. The Balaban J connectivity index is 1.54. The Hall–Kier alpha value is -1.84. The van der Waals surface area contributed by atoms with Gasteiger partial charge in [0.05, 0.1) is 0 Å². The van der Waals surface area contributed by atoms with Gasteiger partial charge in [-0.2, -0.15) is 0 Å². The molecular formula is C24H32N2O. The number of piperidine rings is 1. The van der Waals surface area contributed by atoms with Crippen LogP contribution in [0.5, 0.6) is 5.75 Å². The minimum absolute atomic E-state index is 0.114. The molecule has 0 aliphatic carbocycles. The van der Waals surface area contributed by atoms with E-state index < -0.39 is 0 Å². The SMILES string of the molecule is C[C@H]1CN2CCCN(Cc3ccccc3)C[C@H]2C[C@@]1(C)c1cccc(O)c1. The van der Waals surface area contributed by atoms with E-state index in [0.717, 1.165) is 26.1 Å². The van der Waals surface area contributed by atoms with Crippen molar-refractivity contribution in [2.75, 3.05) is 26.2 Å². The maximum Gasteiger partial charge on any atom is 0.115 e. The standard InChI is InChI=1S/C24H32N2O/c1-19-16-26-13-7-12-25(17-20-8-4-3-5-9-20)18-22(26)15-24(19,2)21-10-6-11-23(27)14-21/h3-6,8-11,14,19,22,27H,7,12-13,15-18H2,1-2H3/t19-,22+,24+/m0/s1. The Morgan fingerprint density at radius 2 is 1.85 bits per heavy atom. The summed E-state index contributed by atoms with van der Waals surface area (Å²) in [6.45, 7) is 10.5. The average molecular weight is 365 g/mol. The van der Waals surface area contributed by atoms with Crippen molar-refractivity contribution in [3.8, 4) is 5.75 Å². The number of phenolic OH excluding ortho intramolecular Hbond substituents is 1. The maximum atomic E-state index is 10.0. The summed E-state index contributed by atoms with van der Waals surface area (Å²) in [6.07, 6.45) is 2.40. The lowest BCUT2D eigenvalue weighted by Gasteiger charge is -2.49. The molecule has 0 unspecified atom stereocenters. The van der Waals surface area contributed by atoms with E-state index in [1.54, 1.807) is 6.07 Å². The molecule has 0 aromatic heterocycles. The van der Waals surface area contributed by atoms with Crippen LogP contribution in [0.15, 0.2) is 54.6 Å². The van der Waals surface area contributed by atoms with Gasteiger partial charge in [0.2, 0.25) is 0 Å². The number of aromatic hydroxyl groups is 1. The predicted octanol–water partition coefficient (Wildman–Crippen LogP) is 4.27. The van der Waals surface area contributed by atoms with E-state index in [9.17, 15) is 5.11 Å². The Bertz CT molecular complexity index is 762. The van der Waals surface area contributed by atoms with E-state index in [1.165, 1.54) is 30.6 Å². The van der Waals surface area contributed by atoms with Gasteiger partial charge in [0.15, 0.2) is 0 Å². The fourth-order valence-electron chi connectivity index (χ4n) is 5.11. The first kappa shape index (κ1) is 18.5. The van der Waals surface area contributed by atoms with Crippen LogP contribution in [-0.2, 0) is 12.0 Å². The van der Waals surface area contributed by atoms with Gasteiger partial charge in [-0.3, -0.25) is 9.80 Å². The van der Waals surface area contributed by atoms with Crippen LogP contribution in [0.4, 0.5) is 0 Å². The molecule has 2 fully saturated rings. The first-order valence-electron chi connectivity index (χ1n) is 10.3. The first-order chi connectivity index (χ1) is 13.0. The number of fused-ring (bicyclic) bond motifs is 1. The van der Waals surface area contributed by atoms with Gasteiger partial charge in [0.1, 0.15) is 5.75 Å². The lowest BCUT2D eigenvalue weighted by Crippen LogP contribution is -2.54. The molecule has 3 atom stereocenters. The molecule has 3 heteroatoms. The lowest BCUT2D eigenvalue weighted by molar-refractivity contribution is 0.0503. The molecule has 2 aliphatic rings. The zero-order valence-electron chi connectivity index (χ0n) is 16.6. The summed E-state index contributed by atoms with van der Waals surface area (Å²) in [4.78, 5) is 5.36. The Labute approximate surface area is 163 Å². The minimum atomic E-state index is 0.114. The van der Waals surface area contributed by atoms with Crippen LogP contribution >= 0.6 is 0 Å². The summed E-state index contributed by atoms with van der Waals surface area (Å²) in [5, 5.41) is 10.0. The Morgan fingerprint density at radius 3 is 2.63 bits per heavy atom. The van der Waals surface area contributed by atoms with Crippen LogP contribution in [0.3, 0.4) is 0 Å². The summed E-state index contributed by atoms with van der Waals surface area (Å²) in [5.74, 6) is 0.964. The van der Waals surface area contributed by atoms with E-state index >= 15 is 0 Å². The number of benzene rings is 2. The third-order valence-electron chi connectivity index (χ3n) is 6.92. The maximum absolute atomic E-state index is 10.0. The molecular weight excluding hydrogens is 332 g/mol. The highest BCUT2D eigenvalue weighted by molar-refractivity contribution is 5.34. The van der Waals surface area contributed by atoms with Crippen molar-refractivity contribution >= 4 is 0 Å². The number of rotatable bonds is 3. The first-order valence-corrected chi connectivity index (χ1v) is 10.3. The Kier molecular flexibility index (Phi) is 5.25. The molecule has 1 N–H and O–H groups in total. The van der Waals surface area contributed by atoms with Crippen LogP contribution in [0.25, 0.3) is 0 Å². The zero-order valence-corrected chi connectivity index (χ0v) is 16.6. The van der Waals surface area contributed by atoms with E-state index in [4.69, 9.17) is 0 Å². The number of hydrogen-bond donors (Lipinski definition) is 1. The van der Waals surface area contributed by atoms with E-state index in [1.807, 2.05) is 12.1 Å². The van der Waals surface area contributed by atoms with Crippen LogP contribution in [0, 0.1) is 5.92 Å². The second-order valence-corrected chi connectivity index (χ2v) is 8.80. The molecule has 0 radical (unpaired) electrons. The van der Waals surface area contributed by atoms with Gasteiger partial charge in [-0.05, 0) is 60.5 Å². The third kappa shape index (κ3) is 3.90. The summed E-state index contributed by atoms with van der Waals surface area (Å²) >= 11 is 0. The second-order valence-electron chi connectivity index (χ2n) is 8.80. The molecule has 0 amide bonds. The second kappa shape index (κ2) is 7.65. The van der Waals surface area contributed by atoms with Crippen LogP contribution in [-0.4, -0.2) is 47.1 Å².